The standard InChI is InChI=1S/C20H24N2O4S/c1-22(18-9-5-6-10-19(18)23)20(24)15-11-13-16(14-12-15)21-27(25,26)17-7-3-2-4-8-17/h2-4,7-8,11-14,18-19,21,23H,5-6,9-10H2,1H3/t18-,19-/m1/s1. The van der Waals surface area contributed by atoms with Gasteiger partial charge in [-0.15, -0.1) is 0 Å². The second-order valence-electron chi connectivity index (χ2n) is 6.83. The molecule has 144 valence electrons. The molecule has 2 N–H and O–H groups in total. The number of rotatable bonds is 5. The number of aliphatic hydroxyl groups is 1. The maximum absolute atomic E-state index is 12.7. The zero-order valence-electron chi connectivity index (χ0n) is 15.2. The Morgan fingerprint density at radius 3 is 2.30 bits per heavy atom. The molecule has 0 bridgehead atoms. The first kappa shape index (κ1) is 19.4. The summed E-state index contributed by atoms with van der Waals surface area (Å²) < 4.78 is 27.2. The van der Waals surface area contributed by atoms with Crippen molar-refractivity contribution in [2.45, 2.75) is 42.7 Å². The summed E-state index contributed by atoms with van der Waals surface area (Å²) in [6.45, 7) is 0. The fourth-order valence-corrected chi connectivity index (χ4v) is 4.47. The van der Waals surface area contributed by atoms with Crippen LogP contribution in [0.4, 0.5) is 5.69 Å². The van der Waals surface area contributed by atoms with Gasteiger partial charge in [0.25, 0.3) is 15.9 Å². The quantitative estimate of drug-likeness (QED) is 0.825. The molecule has 0 aliphatic heterocycles. The van der Waals surface area contributed by atoms with E-state index >= 15 is 0 Å². The molecule has 0 radical (unpaired) electrons. The molecular weight excluding hydrogens is 364 g/mol. The number of anilines is 1. The molecule has 7 heteroatoms. The minimum Gasteiger partial charge on any atom is -0.391 e. The normalized spacial score (nSPS) is 20.1. The lowest BCUT2D eigenvalue weighted by molar-refractivity contribution is 0.0268. The van der Waals surface area contributed by atoms with Gasteiger partial charge in [-0.1, -0.05) is 31.0 Å². The van der Waals surface area contributed by atoms with Crippen molar-refractivity contribution >= 4 is 21.6 Å². The number of carbonyl (C=O) groups excluding carboxylic acids is 1. The Bertz CT molecular complexity index is 882. The van der Waals surface area contributed by atoms with Gasteiger partial charge in [0.15, 0.2) is 0 Å². The zero-order chi connectivity index (χ0) is 19.4. The van der Waals surface area contributed by atoms with Gasteiger partial charge in [-0.25, -0.2) is 8.42 Å². The number of amides is 1. The average molecular weight is 388 g/mol. The summed E-state index contributed by atoms with van der Waals surface area (Å²) in [6.07, 6.45) is 2.99. The number of aliphatic hydroxyl groups excluding tert-OH is 1. The van der Waals surface area contributed by atoms with Crippen LogP contribution >= 0.6 is 0 Å². The van der Waals surface area contributed by atoms with Gasteiger partial charge in [-0.3, -0.25) is 9.52 Å². The van der Waals surface area contributed by atoms with E-state index < -0.39 is 16.1 Å². The van der Waals surface area contributed by atoms with E-state index in [1.165, 1.54) is 12.1 Å². The van der Waals surface area contributed by atoms with E-state index in [2.05, 4.69) is 4.72 Å². The van der Waals surface area contributed by atoms with E-state index in [1.54, 1.807) is 54.4 Å². The summed E-state index contributed by atoms with van der Waals surface area (Å²) in [6, 6.07) is 14.3. The molecule has 0 unspecified atom stereocenters. The number of nitrogens with zero attached hydrogens (tertiary/aromatic N) is 1. The van der Waals surface area contributed by atoms with E-state index in [0.29, 0.717) is 17.7 Å². The third-order valence-corrected chi connectivity index (χ3v) is 6.35. The van der Waals surface area contributed by atoms with Crippen LogP contribution in [0.3, 0.4) is 0 Å². The SMILES string of the molecule is CN(C(=O)c1ccc(NS(=O)(=O)c2ccccc2)cc1)[C@@H]1CCCC[C@H]1O. The van der Waals surface area contributed by atoms with E-state index in [0.717, 1.165) is 19.3 Å². The first-order valence-corrected chi connectivity index (χ1v) is 10.5. The maximum Gasteiger partial charge on any atom is 0.261 e. The van der Waals surface area contributed by atoms with Crippen LogP contribution < -0.4 is 4.72 Å². The number of carbonyl (C=O) groups is 1. The van der Waals surface area contributed by atoms with Gasteiger partial charge >= 0.3 is 0 Å². The van der Waals surface area contributed by atoms with Crippen molar-refractivity contribution in [3.05, 3.63) is 60.2 Å². The van der Waals surface area contributed by atoms with Crippen molar-refractivity contribution in [3.8, 4) is 0 Å². The first-order valence-electron chi connectivity index (χ1n) is 9.01. The lowest BCUT2D eigenvalue weighted by Crippen LogP contribution is -2.46. The summed E-state index contributed by atoms with van der Waals surface area (Å²) in [7, 11) is -1.96. The molecule has 2 aromatic carbocycles. The molecule has 0 heterocycles. The first-order chi connectivity index (χ1) is 12.9. The van der Waals surface area contributed by atoms with Crippen LogP contribution in [0.5, 0.6) is 0 Å². The Balaban J connectivity index is 1.70. The fourth-order valence-electron chi connectivity index (χ4n) is 3.39. The predicted molar refractivity (Wildman–Crippen MR) is 104 cm³/mol. The van der Waals surface area contributed by atoms with Crippen LogP contribution in [0.1, 0.15) is 36.0 Å². The average Bonchev–Trinajstić information content (AvgIpc) is 2.68. The molecule has 0 saturated heterocycles. The highest BCUT2D eigenvalue weighted by Crippen LogP contribution is 2.24. The molecule has 1 fully saturated rings. The van der Waals surface area contributed by atoms with Gasteiger partial charge in [0.05, 0.1) is 17.0 Å². The third-order valence-electron chi connectivity index (χ3n) is 4.95. The van der Waals surface area contributed by atoms with Crippen molar-refractivity contribution in [1.82, 2.24) is 4.90 Å². The number of hydrogen-bond acceptors (Lipinski definition) is 4. The summed E-state index contributed by atoms with van der Waals surface area (Å²) >= 11 is 0. The summed E-state index contributed by atoms with van der Waals surface area (Å²) in [4.78, 5) is 14.5. The van der Waals surface area contributed by atoms with Crippen LogP contribution in [-0.4, -0.2) is 43.5 Å². The number of sulfonamides is 1. The van der Waals surface area contributed by atoms with Gasteiger partial charge in [-0.05, 0) is 49.2 Å². The molecular formula is C20H24N2O4S. The topological polar surface area (TPSA) is 86.7 Å². The van der Waals surface area contributed by atoms with Crippen molar-refractivity contribution < 1.29 is 18.3 Å². The minimum absolute atomic E-state index is 0.177. The largest absolute Gasteiger partial charge is 0.391 e. The van der Waals surface area contributed by atoms with Crippen LogP contribution in [-0.2, 0) is 10.0 Å². The second kappa shape index (κ2) is 8.10. The Labute approximate surface area is 159 Å². The molecule has 6 nitrogen and oxygen atoms in total. The van der Waals surface area contributed by atoms with Crippen molar-refractivity contribution in [3.63, 3.8) is 0 Å². The molecule has 1 amide bonds. The minimum atomic E-state index is -3.67. The number of nitrogens with one attached hydrogen (secondary N) is 1. The predicted octanol–water partition coefficient (Wildman–Crippen LogP) is 2.86. The van der Waals surface area contributed by atoms with Crippen LogP contribution in [0.15, 0.2) is 59.5 Å². The highest BCUT2D eigenvalue weighted by molar-refractivity contribution is 7.92. The lowest BCUT2D eigenvalue weighted by Gasteiger charge is -2.35. The van der Waals surface area contributed by atoms with Gasteiger partial charge < -0.3 is 10.0 Å². The molecule has 27 heavy (non-hydrogen) atoms. The smallest absolute Gasteiger partial charge is 0.261 e. The molecule has 2 atom stereocenters. The lowest BCUT2D eigenvalue weighted by atomic mass is 9.91. The summed E-state index contributed by atoms with van der Waals surface area (Å²) in [5.41, 5.74) is 0.841. The molecule has 1 aliphatic carbocycles. The van der Waals surface area contributed by atoms with Crippen LogP contribution in [0, 0.1) is 0 Å². The molecule has 3 rings (SSSR count). The van der Waals surface area contributed by atoms with Crippen molar-refractivity contribution in [2.24, 2.45) is 0 Å². The van der Waals surface area contributed by atoms with E-state index in [1.807, 2.05) is 0 Å². The van der Waals surface area contributed by atoms with E-state index in [9.17, 15) is 18.3 Å². The summed E-state index contributed by atoms with van der Waals surface area (Å²) in [5, 5.41) is 10.1. The van der Waals surface area contributed by atoms with Crippen molar-refractivity contribution in [2.75, 3.05) is 11.8 Å². The summed E-state index contributed by atoms with van der Waals surface area (Å²) in [5.74, 6) is -0.182. The number of benzene rings is 2. The Hall–Kier alpha value is -2.38. The highest BCUT2D eigenvalue weighted by Gasteiger charge is 2.29. The van der Waals surface area contributed by atoms with Gasteiger partial charge in [0.2, 0.25) is 0 Å². The molecule has 0 aromatic heterocycles. The molecule has 1 aliphatic rings. The highest BCUT2D eigenvalue weighted by atomic mass is 32.2. The maximum atomic E-state index is 12.7. The van der Waals surface area contributed by atoms with Crippen LogP contribution in [0.25, 0.3) is 0 Å². The van der Waals surface area contributed by atoms with Gasteiger partial charge in [0, 0.05) is 18.3 Å². The number of likely N-dealkylation sites (N-methyl/N-ethyl adjacent to an activating group) is 1. The van der Waals surface area contributed by atoms with Gasteiger partial charge in [0.1, 0.15) is 0 Å². The Morgan fingerprint density at radius 1 is 1.04 bits per heavy atom. The van der Waals surface area contributed by atoms with Gasteiger partial charge in [-0.2, -0.15) is 0 Å². The molecule has 1 saturated carbocycles. The second-order valence-corrected chi connectivity index (χ2v) is 8.51. The monoisotopic (exact) mass is 388 g/mol. The molecule has 0 spiro atoms. The fraction of sp³-hybridized carbons (Fsp3) is 0.350. The Morgan fingerprint density at radius 2 is 1.67 bits per heavy atom. The third kappa shape index (κ3) is 4.48. The number of hydrogen-bond donors (Lipinski definition) is 2. The van der Waals surface area contributed by atoms with Crippen LogP contribution in [0.2, 0.25) is 0 Å². The van der Waals surface area contributed by atoms with Crippen molar-refractivity contribution in [1.29, 1.82) is 0 Å². The molecule has 2 aromatic rings. The van der Waals surface area contributed by atoms with E-state index in [-0.39, 0.29) is 16.8 Å². The Kier molecular flexibility index (Phi) is 5.82. The van der Waals surface area contributed by atoms with E-state index in [4.69, 9.17) is 0 Å². The zero-order valence-corrected chi connectivity index (χ0v) is 16.0.